The molecule has 1 aromatic rings. The molecule has 0 aromatic carbocycles. The van der Waals surface area contributed by atoms with E-state index in [1.807, 2.05) is 20.8 Å². The molecule has 0 radical (unpaired) electrons. The van der Waals surface area contributed by atoms with Crippen molar-refractivity contribution in [1.82, 2.24) is 9.88 Å². The smallest absolute Gasteiger partial charge is 0.396 e. The zero-order valence-corrected chi connectivity index (χ0v) is 13.0. The van der Waals surface area contributed by atoms with Gasteiger partial charge in [-0.2, -0.15) is 5.06 Å². The number of nitrogen functional groups attached to an aromatic ring is 1. The van der Waals surface area contributed by atoms with Crippen LogP contribution in [0.25, 0.3) is 0 Å². The zero-order valence-electron chi connectivity index (χ0n) is 13.0. The second-order valence-electron chi connectivity index (χ2n) is 6.29. The molecule has 0 saturated carbocycles. The number of carbonyl (C=O) groups is 1. The summed E-state index contributed by atoms with van der Waals surface area (Å²) in [4.78, 5) is 23.9. The van der Waals surface area contributed by atoms with Crippen molar-refractivity contribution in [1.29, 1.82) is 0 Å². The first-order valence-electron chi connectivity index (χ1n) is 7.37. The van der Waals surface area contributed by atoms with Crippen LogP contribution in [0.1, 0.15) is 40.0 Å². The van der Waals surface area contributed by atoms with Crippen LogP contribution in [-0.2, 0) is 4.84 Å². The molecule has 0 atom stereocenters. The van der Waals surface area contributed by atoms with Crippen molar-refractivity contribution in [2.45, 2.75) is 45.6 Å². The number of nitrogens with zero attached hydrogens (tertiary/aromatic N) is 3. The Labute approximate surface area is 125 Å². The van der Waals surface area contributed by atoms with E-state index >= 15 is 0 Å². The molecule has 0 spiro atoms. The number of hydrogen-bond donors (Lipinski definition) is 1. The number of amides is 1. The van der Waals surface area contributed by atoms with Gasteiger partial charge in [0.1, 0.15) is 0 Å². The van der Waals surface area contributed by atoms with Crippen LogP contribution in [0.15, 0.2) is 18.3 Å². The first-order chi connectivity index (χ1) is 9.89. The molecular weight excluding hydrogens is 268 g/mol. The van der Waals surface area contributed by atoms with E-state index in [2.05, 4.69) is 4.98 Å². The number of hydroxylamine groups is 1. The molecule has 1 amide bonds. The molecule has 2 N–H and O–H groups in total. The van der Waals surface area contributed by atoms with Crippen LogP contribution >= 0.6 is 0 Å². The average molecular weight is 292 g/mol. The lowest BCUT2D eigenvalue weighted by atomic mass is 10.1. The normalized spacial score (nSPS) is 15.7. The lowest BCUT2D eigenvalue weighted by Crippen LogP contribution is -2.47. The van der Waals surface area contributed by atoms with Crippen LogP contribution in [-0.4, -0.2) is 34.6 Å². The van der Waals surface area contributed by atoms with E-state index in [9.17, 15) is 4.79 Å². The predicted octanol–water partition coefficient (Wildman–Crippen LogP) is 2.81. The highest BCUT2D eigenvalue weighted by atomic mass is 16.7. The summed E-state index contributed by atoms with van der Waals surface area (Å²) in [5, 5.41) is 1.50. The number of rotatable bonds is 2. The van der Waals surface area contributed by atoms with E-state index in [-0.39, 0.29) is 6.09 Å². The minimum absolute atomic E-state index is 0.338. The van der Waals surface area contributed by atoms with Gasteiger partial charge in [-0.1, -0.05) is 0 Å². The van der Waals surface area contributed by atoms with E-state index in [1.54, 1.807) is 23.2 Å². The molecule has 1 fully saturated rings. The van der Waals surface area contributed by atoms with E-state index < -0.39 is 5.54 Å². The third kappa shape index (κ3) is 3.77. The van der Waals surface area contributed by atoms with Gasteiger partial charge in [-0.3, -0.25) is 0 Å². The van der Waals surface area contributed by atoms with E-state index in [4.69, 9.17) is 10.6 Å². The molecule has 6 nitrogen and oxygen atoms in total. The summed E-state index contributed by atoms with van der Waals surface area (Å²) in [6.45, 7) is 7.34. The number of pyridine rings is 1. The maximum Gasteiger partial charge on any atom is 0.434 e. The number of anilines is 2. The lowest BCUT2D eigenvalue weighted by molar-refractivity contribution is 0.0636. The highest BCUT2D eigenvalue weighted by Crippen LogP contribution is 2.27. The van der Waals surface area contributed by atoms with Crippen molar-refractivity contribution in [2.75, 3.05) is 23.9 Å². The SMILES string of the molecule is CC(C)(C)N(OC(=O)N1CCCCC1)c1ncccc1N. The topological polar surface area (TPSA) is 71.7 Å². The maximum atomic E-state index is 12.3. The fourth-order valence-electron chi connectivity index (χ4n) is 2.29. The van der Waals surface area contributed by atoms with Gasteiger partial charge in [0, 0.05) is 19.3 Å². The van der Waals surface area contributed by atoms with Crippen LogP contribution < -0.4 is 10.8 Å². The third-order valence-corrected chi connectivity index (χ3v) is 3.40. The molecule has 1 aliphatic heterocycles. The van der Waals surface area contributed by atoms with Gasteiger partial charge in [0.25, 0.3) is 0 Å². The van der Waals surface area contributed by atoms with Crippen molar-refractivity contribution in [3.63, 3.8) is 0 Å². The molecule has 1 aromatic heterocycles. The first-order valence-corrected chi connectivity index (χ1v) is 7.37. The van der Waals surface area contributed by atoms with E-state index in [1.165, 1.54) is 11.5 Å². The Hall–Kier alpha value is -1.98. The van der Waals surface area contributed by atoms with Gasteiger partial charge in [-0.15, -0.1) is 0 Å². The molecular formula is C15H24N4O2. The molecule has 0 bridgehead atoms. The standard InChI is InChI=1S/C15H24N4O2/c1-15(2,3)19(13-12(16)8-7-9-17-13)21-14(20)18-10-5-4-6-11-18/h7-9H,4-6,10-11,16H2,1-3H3. The molecule has 116 valence electrons. The van der Waals surface area contributed by atoms with Gasteiger partial charge in [0.2, 0.25) is 0 Å². The Bertz CT molecular complexity index is 493. The molecule has 6 heteroatoms. The number of piperidine rings is 1. The van der Waals surface area contributed by atoms with Crippen molar-refractivity contribution in [2.24, 2.45) is 0 Å². The summed E-state index contributed by atoms with van der Waals surface area (Å²) in [5.41, 5.74) is 6.01. The van der Waals surface area contributed by atoms with Gasteiger partial charge in [0.05, 0.1) is 11.2 Å². The third-order valence-electron chi connectivity index (χ3n) is 3.40. The second-order valence-corrected chi connectivity index (χ2v) is 6.29. The highest BCUT2D eigenvalue weighted by Gasteiger charge is 2.31. The van der Waals surface area contributed by atoms with Gasteiger partial charge >= 0.3 is 6.09 Å². The minimum atomic E-state index is -0.437. The van der Waals surface area contributed by atoms with Crippen LogP contribution in [0.4, 0.5) is 16.3 Å². The number of hydrogen-bond acceptors (Lipinski definition) is 5. The van der Waals surface area contributed by atoms with Gasteiger partial charge in [0.15, 0.2) is 5.82 Å². The summed E-state index contributed by atoms with van der Waals surface area (Å²) in [5.74, 6) is 0.468. The van der Waals surface area contributed by atoms with Gasteiger partial charge in [-0.05, 0) is 52.2 Å². The Morgan fingerprint density at radius 3 is 2.57 bits per heavy atom. The predicted molar refractivity (Wildman–Crippen MR) is 82.8 cm³/mol. The summed E-state index contributed by atoms with van der Waals surface area (Å²) < 4.78 is 0. The van der Waals surface area contributed by atoms with Crippen LogP contribution in [0.2, 0.25) is 0 Å². The summed E-state index contributed by atoms with van der Waals surface area (Å²) >= 11 is 0. The zero-order chi connectivity index (χ0) is 15.5. The average Bonchev–Trinajstić information content (AvgIpc) is 2.45. The van der Waals surface area contributed by atoms with E-state index in [0.29, 0.717) is 11.5 Å². The van der Waals surface area contributed by atoms with Crippen LogP contribution in [0.3, 0.4) is 0 Å². The number of likely N-dealkylation sites (tertiary alicyclic amines) is 1. The molecule has 0 aliphatic carbocycles. The Kier molecular flexibility index (Phi) is 4.55. The largest absolute Gasteiger partial charge is 0.434 e. The fourth-order valence-corrected chi connectivity index (χ4v) is 2.29. The second kappa shape index (κ2) is 6.20. The Balaban J connectivity index is 2.18. The van der Waals surface area contributed by atoms with Crippen LogP contribution in [0.5, 0.6) is 0 Å². The lowest BCUT2D eigenvalue weighted by Gasteiger charge is -2.36. The van der Waals surface area contributed by atoms with Gasteiger partial charge in [-0.25, -0.2) is 9.78 Å². The Morgan fingerprint density at radius 2 is 2.00 bits per heavy atom. The monoisotopic (exact) mass is 292 g/mol. The number of aromatic nitrogens is 1. The Morgan fingerprint density at radius 1 is 1.33 bits per heavy atom. The van der Waals surface area contributed by atoms with Gasteiger partial charge < -0.3 is 15.5 Å². The number of carbonyl (C=O) groups excluding carboxylic acids is 1. The summed E-state index contributed by atoms with van der Waals surface area (Å²) in [6, 6.07) is 3.50. The molecule has 0 unspecified atom stereocenters. The quantitative estimate of drug-likeness (QED) is 0.849. The molecule has 2 heterocycles. The van der Waals surface area contributed by atoms with Crippen molar-refractivity contribution < 1.29 is 9.63 Å². The molecule has 1 aliphatic rings. The van der Waals surface area contributed by atoms with Crippen molar-refractivity contribution >= 4 is 17.6 Å². The summed E-state index contributed by atoms with van der Waals surface area (Å²) in [7, 11) is 0. The highest BCUT2D eigenvalue weighted by molar-refractivity contribution is 5.71. The number of nitrogens with two attached hydrogens (primary N) is 1. The molecule has 2 rings (SSSR count). The first kappa shape index (κ1) is 15.4. The van der Waals surface area contributed by atoms with Crippen LogP contribution in [0, 0.1) is 0 Å². The van der Waals surface area contributed by atoms with E-state index in [0.717, 1.165) is 25.9 Å². The minimum Gasteiger partial charge on any atom is -0.396 e. The fraction of sp³-hybridized carbons (Fsp3) is 0.600. The van der Waals surface area contributed by atoms with Crippen molar-refractivity contribution in [3.05, 3.63) is 18.3 Å². The molecule has 1 saturated heterocycles. The maximum absolute atomic E-state index is 12.3. The molecule has 21 heavy (non-hydrogen) atoms. The van der Waals surface area contributed by atoms with Crippen molar-refractivity contribution in [3.8, 4) is 0 Å². The summed E-state index contributed by atoms with van der Waals surface area (Å²) in [6.07, 6.45) is 4.51.